The molecule has 98 valence electrons. The smallest absolute Gasteiger partial charge is 0.257 e. The number of methoxy groups -OCH3 is 1. The van der Waals surface area contributed by atoms with E-state index >= 15 is 0 Å². The summed E-state index contributed by atoms with van der Waals surface area (Å²) in [6, 6.07) is 7.28. The Balaban J connectivity index is 2.11. The highest BCUT2D eigenvalue weighted by Gasteiger charge is 2.44. The number of nitrogens with two attached hydrogens (primary N) is 1. The second-order valence-electron chi connectivity index (χ2n) is 5.25. The van der Waals surface area contributed by atoms with Crippen LogP contribution in [0.15, 0.2) is 24.3 Å². The molecule has 4 nitrogen and oxygen atoms in total. The molecule has 2 rings (SSSR count). The third-order valence-corrected chi connectivity index (χ3v) is 3.74. The lowest BCUT2D eigenvalue weighted by molar-refractivity contribution is 0.0272. The van der Waals surface area contributed by atoms with Gasteiger partial charge in [0, 0.05) is 13.1 Å². The molecule has 1 saturated heterocycles. The van der Waals surface area contributed by atoms with Gasteiger partial charge in [-0.2, -0.15) is 0 Å². The minimum Gasteiger partial charge on any atom is -0.496 e. The number of hydrogen-bond donors (Lipinski definition) is 1. The topological polar surface area (TPSA) is 55.6 Å². The second kappa shape index (κ2) is 4.61. The highest BCUT2D eigenvalue weighted by Crippen LogP contribution is 2.29. The van der Waals surface area contributed by atoms with Gasteiger partial charge in [-0.05, 0) is 18.1 Å². The molecule has 0 radical (unpaired) electrons. The molecular formula is C14H20N2O2. The summed E-state index contributed by atoms with van der Waals surface area (Å²) in [5.41, 5.74) is 6.56. The van der Waals surface area contributed by atoms with Crippen LogP contribution in [0.3, 0.4) is 0 Å². The van der Waals surface area contributed by atoms with E-state index in [1.54, 1.807) is 24.1 Å². The van der Waals surface area contributed by atoms with Gasteiger partial charge in [0.2, 0.25) is 0 Å². The molecule has 1 fully saturated rings. The first kappa shape index (κ1) is 12.9. The number of carbonyl (C=O) groups is 1. The van der Waals surface area contributed by atoms with Gasteiger partial charge >= 0.3 is 0 Å². The van der Waals surface area contributed by atoms with E-state index in [4.69, 9.17) is 10.5 Å². The fourth-order valence-electron chi connectivity index (χ4n) is 2.16. The summed E-state index contributed by atoms with van der Waals surface area (Å²) < 4.78 is 5.21. The summed E-state index contributed by atoms with van der Waals surface area (Å²) in [7, 11) is 1.57. The first-order chi connectivity index (χ1) is 8.48. The Bertz CT molecular complexity index is 451. The van der Waals surface area contributed by atoms with Crippen molar-refractivity contribution in [3.63, 3.8) is 0 Å². The molecule has 0 bridgehead atoms. The predicted octanol–water partition coefficient (Wildman–Crippen LogP) is 1.50. The van der Waals surface area contributed by atoms with Gasteiger partial charge in [0.1, 0.15) is 5.75 Å². The van der Waals surface area contributed by atoms with Crippen molar-refractivity contribution in [3.05, 3.63) is 29.8 Å². The summed E-state index contributed by atoms with van der Waals surface area (Å²) in [5, 5.41) is 0. The number of para-hydroxylation sites is 1. The van der Waals surface area contributed by atoms with Crippen molar-refractivity contribution in [2.24, 2.45) is 11.7 Å². The second-order valence-corrected chi connectivity index (χ2v) is 5.25. The van der Waals surface area contributed by atoms with E-state index in [1.165, 1.54) is 0 Å². The Morgan fingerprint density at radius 3 is 2.56 bits per heavy atom. The van der Waals surface area contributed by atoms with Crippen molar-refractivity contribution in [1.29, 1.82) is 0 Å². The van der Waals surface area contributed by atoms with Crippen molar-refractivity contribution in [1.82, 2.24) is 4.90 Å². The van der Waals surface area contributed by atoms with E-state index in [9.17, 15) is 4.79 Å². The lowest BCUT2D eigenvalue weighted by Crippen LogP contribution is -2.71. The molecule has 1 amide bonds. The molecule has 1 heterocycles. The molecule has 0 atom stereocenters. The maximum absolute atomic E-state index is 12.3. The van der Waals surface area contributed by atoms with Crippen LogP contribution in [-0.2, 0) is 0 Å². The summed E-state index contributed by atoms with van der Waals surface area (Å²) in [6.45, 7) is 5.40. The summed E-state index contributed by atoms with van der Waals surface area (Å²) >= 11 is 0. The number of ether oxygens (including phenoxy) is 1. The predicted molar refractivity (Wildman–Crippen MR) is 70.7 cm³/mol. The third-order valence-electron chi connectivity index (χ3n) is 3.74. The molecule has 0 saturated carbocycles. The molecule has 0 unspecified atom stereocenters. The van der Waals surface area contributed by atoms with Crippen LogP contribution in [0.5, 0.6) is 5.75 Å². The average Bonchev–Trinajstić information content (AvgIpc) is 2.33. The van der Waals surface area contributed by atoms with Gasteiger partial charge in [-0.1, -0.05) is 26.0 Å². The number of hydrogen-bond acceptors (Lipinski definition) is 3. The Hall–Kier alpha value is -1.55. The van der Waals surface area contributed by atoms with Gasteiger partial charge in [-0.3, -0.25) is 4.79 Å². The summed E-state index contributed by atoms with van der Waals surface area (Å²) in [6.07, 6.45) is 0. The van der Waals surface area contributed by atoms with Gasteiger partial charge in [-0.15, -0.1) is 0 Å². The van der Waals surface area contributed by atoms with Crippen LogP contribution in [0.4, 0.5) is 0 Å². The zero-order chi connectivity index (χ0) is 13.3. The van der Waals surface area contributed by atoms with Crippen LogP contribution in [0, 0.1) is 5.92 Å². The molecule has 0 spiro atoms. The van der Waals surface area contributed by atoms with Gasteiger partial charge in [0.15, 0.2) is 0 Å². The number of rotatable bonds is 3. The molecule has 1 aliphatic heterocycles. The summed E-state index contributed by atoms with van der Waals surface area (Å²) in [5.74, 6) is 0.981. The lowest BCUT2D eigenvalue weighted by atomic mass is 9.80. The molecule has 0 aromatic heterocycles. The van der Waals surface area contributed by atoms with Gasteiger partial charge in [0.05, 0.1) is 18.2 Å². The number of amides is 1. The fourth-order valence-corrected chi connectivity index (χ4v) is 2.16. The highest BCUT2D eigenvalue weighted by atomic mass is 16.5. The lowest BCUT2D eigenvalue weighted by Gasteiger charge is -2.50. The average molecular weight is 248 g/mol. The van der Waals surface area contributed by atoms with E-state index in [-0.39, 0.29) is 11.4 Å². The largest absolute Gasteiger partial charge is 0.496 e. The first-order valence-electron chi connectivity index (χ1n) is 6.19. The number of likely N-dealkylation sites (tertiary alicyclic amines) is 1. The van der Waals surface area contributed by atoms with E-state index in [0.717, 1.165) is 0 Å². The Morgan fingerprint density at radius 2 is 2.00 bits per heavy atom. The highest BCUT2D eigenvalue weighted by molar-refractivity contribution is 5.97. The van der Waals surface area contributed by atoms with Crippen LogP contribution in [0.25, 0.3) is 0 Å². The summed E-state index contributed by atoms with van der Waals surface area (Å²) in [4.78, 5) is 14.1. The molecule has 0 aliphatic carbocycles. The number of benzene rings is 1. The standard InChI is InChI=1S/C14H20N2O2/c1-10(2)14(15)8-16(9-14)13(17)11-6-4-5-7-12(11)18-3/h4-7,10H,8-9,15H2,1-3H3. The van der Waals surface area contributed by atoms with Crippen LogP contribution in [0.2, 0.25) is 0 Å². The Labute approximate surface area is 108 Å². The van der Waals surface area contributed by atoms with Gasteiger partial charge in [-0.25, -0.2) is 0 Å². The zero-order valence-electron chi connectivity index (χ0n) is 11.1. The SMILES string of the molecule is COc1ccccc1C(=O)N1CC(N)(C(C)C)C1. The number of nitrogens with zero attached hydrogens (tertiary/aromatic N) is 1. The maximum Gasteiger partial charge on any atom is 0.257 e. The maximum atomic E-state index is 12.3. The Kier molecular flexibility index (Phi) is 3.30. The van der Waals surface area contributed by atoms with E-state index in [2.05, 4.69) is 13.8 Å². The normalized spacial score (nSPS) is 17.5. The van der Waals surface area contributed by atoms with E-state index < -0.39 is 0 Å². The van der Waals surface area contributed by atoms with Crippen LogP contribution >= 0.6 is 0 Å². The third kappa shape index (κ3) is 2.08. The van der Waals surface area contributed by atoms with Gasteiger partial charge < -0.3 is 15.4 Å². The first-order valence-corrected chi connectivity index (χ1v) is 6.19. The number of carbonyl (C=O) groups excluding carboxylic acids is 1. The van der Waals surface area contributed by atoms with Crippen LogP contribution < -0.4 is 10.5 Å². The molecular weight excluding hydrogens is 228 g/mol. The molecule has 1 aliphatic rings. The van der Waals surface area contributed by atoms with Gasteiger partial charge in [0.25, 0.3) is 5.91 Å². The molecule has 4 heteroatoms. The zero-order valence-corrected chi connectivity index (χ0v) is 11.1. The Morgan fingerprint density at radius 1 is 1.39 bits per heavy atom. The monoisotopic (exact) mass is 248 g/mol. The van der Waals surface area contributed by atoms with Crippen LogP contribution in [-0.4, -0.2) is 36.5 Å². The quantitative estimate of drug-likeness (QED) is 0.882. The minimum atomic E-state index is -0.238. The minimum absolute atomic E-state index is 0.00539. The van der Waals surface area contributed by atoms with E-state index in [0.29, 0.717) is 30.3 Å². The molecule has 18 heavy (non-hydrogen) atoms. The van der Waals surface area contributed by atoms with Crippen molar-refractivity contribution < 1.29 is 9.53 Å². The molecule has 1 aromatic carbocycles. The fraction of sp³-hybridized carbons (Fsp3) is 0.500. The molecule has 1 aromatic rings. The van der Waals surface area contributed by atoms with Crippen molar-refractivity contribution >= 4 is 5.91 Å². The molecule has 2 N–H and O–H groups in total. The van der Waals surface area contributed by atoms with E-state index in [1.807, 2.05) is 12.1 Å². The van der Waals surface area contributed by atoms with Crippen molar-refractivity contribution in [2.75, 3.05) is 20.2 Å². The van der Waals surface area contributed by atoms with Crippen molar-refractivity contribution in [3.8, 4) is 5.75 Å². The van der Waals surface area contributed by atoms with Crippen LogP contribution in [0.1, 0.15) is 24.2 Å². The van der Waals surface area contributed by atoms with Crippen molar-refractivity contribution in [2.45, 2.75) is 19.4 Å².